The highest BCUT2D eigenvalue weighted by Gasteiger charge is 2.23. The molecule has 138 valence electrons. The second kappa shape index (κ2) is 7.68. The van der Waals surface area contributed by atoms with Gasteiger partial charge in [0.15, 0.2) is 11.5 Å². The molecule has 0 N–H and O–H groups in total. The van der Waals surface area contributed by atoms with Gasteiger partial charge in [-0.2, -0.15) is 0 Å². The minimum atomic E-state index is 0.106. The molecule has 0 unspecified atom stereocenters. The molecule has 0 aromatic heterocycles. The number of nitrogens with zero attached hydrogens (tertiary/aromatic N) is 1. The van der Waals surface area contributed by atoms with Crippen molar-refractivity contribution in [3.63, 3.8) is 0 Å². The van der Waals surface area contributed by atoms with Crippen molar-refractivity contribution in [1.82, 2.24) is 4.90 Å². The van der Waals surface area contributed by atoms with E-state index in [-0.39, 0.29) is 5.91 Å². The van der Waals surface area contributed by atoms with Crippen LogP contribution < -0.4 is 14.2 Å². The summed E-state index contributed by atoms with van der Waals surface area (Å²) >= 11 is 0. The maximum absolute atomic E-state index is 12.8. The number of aryl methyl sites for hydroxylation is 1. The zero-order chi connectivity index (χ0) is 18.7. The predicted molar refractivity (Wildman–Crippen MR) is 100 cm³/mol. The molecule has 2 aromatic carbocycles. The maximum Gasteiger partial charge on any atom is 0.227 e. The van der Waals surface area contributed by atoms with E-state index in [9.17, 15) is 4.79 Å². The molecule has 1 aliphatic rings. The molecule has 3 rings (SSSR count). The van der Waals surface area contributed by atoms with Crippen molar-refractivity contribution in [3.8, 4) is 17.2 Å². The van der Waals surface area contributed by atoms with Gasteiger partial charge in [0.25, 0.3) is 0 Å². The zero-order valence-corrected chi connectivity index (χ0v) is 15.8. The number of amides is 1. The smallest absolute Gasteiger partial charge is 0.227 e. The van der Waals surface area contributed by atoms with Crippen molar-refractivity contribution in [2.24, 2.45) is 0 Å². The lowest BCUT2D eigenvalue weighted by Crippen LogP contribution is -2.37. The summed E-state index contributed by atoms with van der Waals surface area (Å²) in [4.78, 5) is 14.7. The summed E-state index contributed by atoms with van der Waals surface area (Å²) < 4.78 is 16.2. The monoisotopic (exact) mass is 355 g/mol. The molecule has 0 radical (unpaired) electrons. The minimum Gasteiger partial charge on any atom is -0.496 e. The highest BCUT2D eigenvalue weighted by molar-refractivity contribution is 5.80. The fraction of sp³-hybridized carbons (Fsp3) is 0.381. The van der Waals surface area contributed by atoms with Crippen LogP contribution in [0.3, 0.4) is 0 Å². The number of ether oxygens (including phenoxy) is 3. The largest absolute Gasteiger partial charge is 0.496 e. The molecule has 0 saturated heterocycles. The van der Waals surface area contributed by atoms with Crippen molar-refractivity contribution in [1.29, 1.82) is 0 Å². The molecule has 0 fully saturated rings. The summed E-state index contributed by atoms with van der Waals surface area (Å²) in [5, 5.41) is 0. The summed E-state index contributed by atoms with van der Waals surface area (Å²) in [6, 6.07) is 9.91. The van der Waals surface area contributed by atoms with Crippen LogP contribution in [0.25, 0.3) is 0 Å². The van der Waals surface area contributed by atoms with E-state index >= 15 is 0 Å². The summed E-state index contributed by atoms with van der Waals surface area (Å²) in [6.45, 7) is 3.31. The SMILES string of the molecule is COc1ccc(C)cc1CC(=O)N1CCc2cc(OC)c(OC)cc2C1. The Morgan fingerprint density at radius 3 is 2.27 bits per heavy atom. The Kier molecular flexibility index (Phi) is 5.35. The van der Waals surface area contributed by atoms with Gasteiger partial charge in [0.2, 0.25) is 5.91 Å². The van der Waals surface area contributed by atoms with Crippen LogP contribution in [0.15, 0.2) is 30.3 Å². The Bertz CT molecular complexity index is 816. The topological polar surface area (TPSA) is 48.0 Å². The minimum absolute atomic E-state index is 0.106. The van der Waals surface area contributed by atoms with Gasteiger partial charge in [-0.1, -0.05) is 17.7 Å². The zero-order valence-electron chi connectivity index (χ0n) is 15.8. The lowest BCUT2D eigenvalue weighted by atomic mass is 9.98. The van der Waals surface area contributed by atoms with Crippen LogP contribution in [-0.4, -0.2) is 38.7 Å². The molecule has 0 atom stereocenters. The molecule has 1 heterocycles. The Hall–Kier alpha value is -2.69. The van der Waals surface area contributed by atoms with Gasteiger partial charge < -0.3 is 19.1 Å². The number of fused-ring (bicyclic) bond motifs is 1. The fourth-order valence-electron chi connectivity index (χ4n) is 3.42. The number of methoxy groups -OCH3 is 3. The van der Waals surface area contributed by atoms with Crippen LogP contribution in [0.2, 0.25) is 0 Å². The van der Waals surface area contributed by atoms with Crippen molar-refractivity contribution >= 4 is 5.91 Å². The molecule has 0 spiro atoms. The van der Waals surface area contributed by atoms with E-state index in [1.165, 1.54) is 5.56 Å². The number of carbonyl (C=O) groups excluding carboxylic acids is 1. The van der Waals surface area contributed by atoms with Gasteiger partial charge in [0.1, 0.15) is 5.75 Å². The molecule has 26 heavy (non-hydrogen) atoms. The third-order valence-corrected chi connectivity index (χ3v) is 4.85. The van der Waals surface area contributed by atoms with Crippen LogP contribution >= 0.6 is 0 Å². The van der Waals surface area contributed by atoms with Crippen LogP contribution in [-0.2, 0) is 24.2 Å². The highest BCUT2D eigenvalue weighted by atomic mass is 16.5. The Morgan fingerprint density at radius 2 is 1.62 bits per heavy atom. The van der Waals surface area contributed by atoms with E-state index in [1.54, 1.807) is 21.3 Å². The van der Waals surface area contributed by atoms with E-state index in [2.05, 4.69) is 0 Å². The Morgan fingerprint density at radius 1 is 0.962 bits per heavy atom. The van der Waals surface area contributed by atoms with E-state index in [0.29, 0.717) is 25.3 Å². The molecule has 0 aliphatic carbocycles. The third kappa shape index (κ3) is 3.62. The van der Waals surface area contributed by atoms with Gasteiger partial charge in [-0.3, -0.25) is 4.79 Å². The van der Waals surface area contributed by atoms with E-state index in [0.717, 1.165) is 34.6 Å². The van der Waals surface area contributed by atoms with Crippen molar-refractivity contribution in [3.05, 3.63) is 52.6 Å². The second-order valence-electron chi connectivity index (χ2n) is 6.53. The van der Waals surface area contributed by atoms with Crippen LogP contribution in [0, 0.1) is 6.92 Å². The van der Waals surface area contributed by atoms with E-state index < -0.39 is 0 Å². The molecule has 0 bridgehead atoms. The van der Waals surface area contributed by atoms with Crippen LogP contribution in [0.5, 0.6) is 17.2 Å². The summed E-state index contributed by atoms with van der Waals surface area (Å²) in [6.07, 6.45) is 1.15. The number of hydrogen-bond acceptors (Lipinski definition) is 4. The molecule has 1 amide bonds. The quantitative estimate of drug-likeness (QED) is 0.827. The lowest BCUT2D eigenvalue weighted by Gasteiger charge is -2.30. The fourth-order valence-corrected chi connectivity index (χ4v) is 3.42. The number of benzene rings is 2. The first kappa shape index (κ1) is 18.1. The first-order chi connectivity index (χ1) is 12.5. The summed E-state index contributed by atoms with van der Waals surface area (Å²) in [5.74, 6) is 2.29. The standard InChI is InChI=1S/C21H25NO4/c1-14-5-6-18(24-2)16(9-14)12-21(23)22-8-7-15-10-19(25-3)20(26-4)11-17(15)13-22/h5-6,9-11H,7-8,12-13H2,1-4H3. The number of carbonyl (C=O) groups is 1. The third-order valence-electron chi connectivity index (χ3n) is 4.85. The summed E-state index contributed by atoms with van der Waals surface area (Å²) in [5.41, 5.74) is 4.36. The summed E-state index contributed by atoms with van der Waals surface area (Å²) in [7, 11) is 4.90. The van der Waals surface area contributed by atoms with Crippen molar-refractivity contribution < 1.29 is 19.0 Å². The normalized spacial score (nSPS) is 13.2. The van der Waals surface area contributed by atoms with E-state index in [1.807, 2.05) is 42.2 Å². The molecule has 5 nitrogen and oxygen atoms in total. The van der Waals surface area contributed by atoms with Gasteiger partial charge in [-0.15, -0.1) is 0 Å². The van der Waals surface area contributed by atoms with Crippen molar-refractivity contribution in [2.45, 2.75) is 26.3 Å². The van der Waals surface area contributed by atoms with Gasteiger partial charge in [0, 0.05) is 18.7 Å². The molecular weight excluding hydrogens is 330 g/mol. The van der Waals surface area contributed by atoms with Gasteiger partial charge >= 0.3 is 0 Å². The highest BCUT2D eigenvalue weighted by Crippen LogP contribution is 2.33. The van der Waals surface area contributed by atoms with Gasteiger partial charge in [-0.25, -0.2) is 0 Å². The number of hydrogen-bond donors (Lipinski definition) is 0. The molecular formula is C21H25NO4. The second-order valence-corrected chi connectivity index (χ2v) is 6.53. The van der Waals surface area contributed by atoms with Gasteiger partial charge in [0.05, 0.1) is 27.8 Å². The lowest BCUT2D eigenvalue weighted by molar-refractivity contribution is -0.131. The Balaban J connectivity index is 1.78. The molecule has 0 saturated carbocycles. The Labute approximate surface area is 154 Å². The average Bonchev–Trinajstić information content (AvgIpc) is 2.66. The molecule has 2 aromatic rings. The predicted octanol–water partition coefficient (Wildman–Crippen LogP) is 3.15. The van der Waals surface area contributed by atoms with Crippen molar-refractivity contribution in [2.75, 3.05) is 27.9 Å². The van der Waals surface area contributed by atoms with E-state index in [4.69, 9.17) is 14.2 Å². The van der Waals surface area contributed by atoms with Crippen LogP contribution in [0.4, 0.5) is 0 Å². The first-order valence-corrected chi connectivity index (χ1v) is 8.70. The van der Waals surface area contributed by atoms with Gasteiger partial charge in [-0.05, 0) is 42.7 Å². The average molecular weight is 355 g/mol. The maximum atomic E-state index is 12.8. The number of rotatable bonds is 5. The van der Waals surface area contributed by atoms with Crippen LogP contribution in [0.1, 0.15) is 22.3 Å². The molecule has 1 aliphatic heterocycles. The first-order valence-electron chi connectivity index (χ1n) is 8.70. The molecule has 5 heteroatoms.